The van der Waals surface area contributed by atoms with Crippen LogP contribution >= 0.6 is 11.6 Å². The molecule has 2 N–H and O–H groups in total. The Kier molecular flexibility index (Phi) is 6.62. The minimum absolute atomic E-state index is 0.0546. The number of nitrogens with zero attached hydrogens (tertiary/aromatic N) is 1. The maximum absolute atomic E-state index is 13.0. The molecule has 0 amide bonds. The first-order valence-electron chi connectivity index (χ1n) is 7.56. The molecule has 130 valence electrons. The quantitative estimate of drug-likeness (QED) is 0.777. The van der Waals surface area contributed by atoms with E-state index in [1.807, 2.05) is 30.3 Å². The van der Waals surface area contributed by atoms with Crippen molar-refractivity contribution in [2.24, 2.45) is 5.73 Å². The van der Waals surface area contributed by atoms with Crippen LogP contribution < -0.4 is 10.5 Å². The SMILES string of the molecule is COc1ccc(Cl)cc1S(=O)(=O)N(CCN)CCc1ccccc1. The molecule has 7 heteroatoms. The minimum atomic E-state index is -3.75. The van der Waals surface area contributed by atoms with Crippen LogP contribution in [0.15, 0.2) is 53.4 Å². The van der Waals surface area contributed by atoms with Crippen molar-refractivity contribution in [3.05, 3.63) is 59.1 Å². The molecule has 0 aliphatic heterocycles. The lowest BCUT2D eigenvalue weighted by molar-refractivity contribution is 0.391. The van der Waals surface area contributed by atoms with E-state index in [0.29, 0.717) is 18.0 Å². The number of methoxy groups -OCH3 is 1. The second-order valence-corrected chi connectivity index (χ2v) is 7.57. The molecule has 5 nitrogen and oxygen atoms in total. The second-order valence-electron chi connectivity index (χ2n) is 5.22. The molecule has 2 rings (SSSR count). The molecule has 0 radical (unpaired) electrons. The molecule has 0 atom stereocenters. The van der Waals surface area contributed by atoms with Gasteiger partial charge in [0.2, 0.25) is 10.0 Å². The number of nitrogens with two attached hydrogens (primary N) is 1. The van der Waals surface area contributed by atoms with E-state index in [2.05, 4.69) is 0 Å². The van der Waals surface area contributed by atoms with Crippen LogP contribution in [0.1, 0.15) is 5.56 Å². The Morgan fingerprint density at radius 1 is 1.12 bits per heavy atom. The molecule has 0 saturated heterocycles. The Morgan fingerprint density at radius 2 is 1.83 bits per heavy atom. The van der Waals surface area contributed by atoms with Crippen molar-refractivity contribution in [2.75, 3.05) is 26.7 Å². The summed E-state index contributed by atoms with van der Waals surface area (Å²) < 4.78 is 32.6. The van der Waals surface area contributed by atoms with E-state index in [-0.39, 0.29) is 23.7 Å². The number of sulfonamides is 1. The smallest absolute Gasteiger partial charge is 0.246 e. The molecule has 0 spiro atoms. The summed E-state index contributed by atoms with van der Waals surface area (Å²) in [7, 11) is -2.32. The largest absolute Gasteiger partial charge is 0.495 e. The monoisotopic (exact) mass is 368 g/mol. The molecular weight excluding hydrogens is 348 g/mol. The van der Waals surface area contributed by atoms with Crippen molar-refractivity contribution in [1.82, 2.24) is 4.31 Å². The summed E-state index contributed by atoms with van der Waals surface area (Å²) in [5.41, 5.74) is 6.67. The lowest BCUT2D eigenvalue weighted by Crippen LogP contribution is -2.37. The number of benzene rings is 2. The van der Waals surface area contributed by atoms with E-state index in [9.17, 15) is 8.42 Å². The van der Waals surface area contributed by atoms with Gasteiger partial charge in [-0.2, -0.15) is 4.31 Å². The van der Waals surface area contributed by atoms with Gasteiger partial charge in [0.1, 0.15) is 10.6 Å². The lowest BCUT2D eigenvalue weighted by atomic mass is 10.1. The maximum Gasteiger partial charge on any atom is 0.246 e. The number of rotatable bonds is 8. The molecule has 0 fully saturated rings. The molecule has 0 unspecified atom stereocenters. The summed E-state index contributed by atoms with van der Waals surface area (Å²) in [5, 5.41) is 0.338. The van der Waals surface area contributed by atoms with Gasteiger partial charge in [0, 0.05) is 24.7 Å². The van der Waals surface area contributed by atoms with Crippen LogP contribution in [-0.2, 0) is 16.4 Å². The maximum atomic E-state index is 13.0. The summed E-state index contributed by atoms with van der Waals surface area (Å²) in [4.78, 5) is 0.0546. The second kappa shape index (κ2) is 8.48. The average molecular weight is 369 g/mol. The highest BCUT2D eigenvalue weighted by Gasteiger charge is 2.27. The van der Waals surface area contributed by atoms with Gasteiger partial charge in [-0.05, 0) is 30.2 Å². The third kappa shape index (κ3) is 4.48. The summed E-state index contributed by atoms with van der Waals surface area (Å²) in [5.74, 6) is 0.265. The minimum Gasteiger partial charge on any atom is -0.495 e. The molecule has 2 aromatic rings. The standard InChI is InChI=1S/C17H21ClN2O3S/c1-23-16-8-7-15(18)13-17(16)24(21,22)20(12-10-19)11-9-14-5-3-2-4-6-14/h2-8,13H,9-12,19H2,1H3. The highest BCUT2D eigenvalue weighted by molar-refractivity contribution is 7.89. The van der Waals surface area contributed by atoms with Crippen LogP contribution in [0.5, 0.6) is 5.75 Å². The Bertz CT molecular complexity index is 767. The van der Waals surface area contributed by atoms with Crippen molar-refractivity contribution < 1.29 is 13.2 Å². The molecule has 0 aliphatic carbocycles. The Balaban J connectivity index is 2.30. The highest BCUT2D eigenvalue weighted by atomic mass is 35.5. The van der Waals surface area contributed by atoms with Gasteiger partial charge >= 0.3 is 0 Å². The van der Waals surface area contributed by atoms with E-state index in [0.717, 1.165) is 5.56 Å². The zero-order chi connectivity index (χ0) is 17.6. The first-order valence-corrected chi connectivity index (χ1v) is 9.38. The molecule has 0 bridgehead atoms. The van der Waals surface area contributed by atoms with E-state index in [1.54, 1.807) is 12.1 Å². The topological polar surface area (TPSA) is 72.6 Å². The fourth-order valence-electron chi connectivity index (χ4n) is 2.39. The zero-order valence-electron chi connectivity index (χ0n) is 13.5. The summed E-state index contributed by atoms with van der Waals surface area (Å²) in [6.07, 6.45) is 0.600. The molecule has 0 saturated carbocycles. The van der Waals surface area contributed by atoms with E-state index in [4.69, 9.17) is 22.1 Å². The van der Waals surface area contributed by atoms with Crippen LogP contribution in [0.3, 0.4) is 0 Å². The number of ether oxygens (including phenoxy) is 1. The fraction of sp³-hybridized carbons (Fsp3) is 0.294. The van der Waals surface area contributed by atoms with Crippen molar-refractivity contribution in [2.45, 2.75) is 11.3 Å². The molecule has 24 heavy (non-hydrogen) atoms. The third-order valence-electron chi connectivity index (χ3n) is 3.61. The lowest BCUT2D eigenvalue weighted by Gasteiger charge is -2.23. The molecule has 2 aromatic carbocycles. The van der Waals surface area contributed by atoms with E-state index < -0.39 is 10.0 Å². The van der Waals surface area contributed by atoms with Crippen molar-refractivity contribution in [1.29, 1.82) is 0 Å². The summed E-state index contributed by atoms with van der Waals surface area (Å²) >= 11 is 5.97. The zero-order valence-corrected chi connectivity index (χ0v) is 15.1. The van der Waals surface area contributed by atoms with Gasteiger partial charge in [0.25, 0.3) is 0 Å². The summed E-state index contributed by atoms with van der Waals surface area (Å²) in [6.45, 7) is 0.793. The van der Waals surface area contributed by atoms with Crippen LogP contribution in [0.2, 0.25) is 5.02 Å². The highest BCUT2D eigenvalue weighted by Crippen LogP contribution is 2.29. The third-order valence-corrected chi connectivity index (χ3v) is 5.77. The Morgan fingerprint density at radius 3 is 2.46 bits per heavy atom. The molecule has 0 heterocycles. The normalized spacial score (nSPS) is 11.7. The number of halogens is 1. The predicted octanol–water partition coefficient (Wildman–Crippen LogP) is 2.54. The molecular formula is C17H21ClN2O3S. The summed E-state index contributed by atoms with van der Waals surface area (Å²) in [6, 6.07) is 14.3. The predicted molar refractivity (Wildman–Crippen MR) is 96.0 cm³/mol. The number of hydrogen-bond acceptors (Lipinski definition) is 4. The molecule has 0 aliphatic rings. The van der Waals surface area contributed by atoms with Crippen LogP contribution in [0.25, 0.3) is 0 Å². The first kappa shape index (κ1) is 18.7. The average Bonchev–Trinajstić information content (AvgIpc) is 2.59. The van der Waals surface area contributed by atoms with E-state index >= 15 is 0 Å². The van der Waals surface area contributed by atoms with Gasteiger partial charge in [-0.3, -0.25) is 0 Å². The van der Waals surface area contributed by atoms with E-state index in [1.165, 1.54) is 17.5 Å². The van der Waals surface area contributed by atoms with Crippen LogP contribution in [-0.4, -0.2) is 39.5 Å². The van der Waals surface area contributed by atoms with Crippen molar-refractivity contribution >= 4 is 21.6 Å². The van der Waals surface area contributed by atoms with Gasteiger partial charge in [-0.1, -0.05) is 41.9 Å². The van der Waals surface area contributed by atoms with Gasteiger partial charge in [-0.15, -0.1) is 0 Å². The fourth-order valence-corrected chi connectivity index (χ4v) is 4.26. The van der Waals surface area contributed by atoms with Gasteiger partial charge in [-0.25, -0.2) is 8.42 Å². The molecule has 0 aromatic heterocycles. The van der Waals surface area contributed by atoms with Gasteiger partial charge in [0.05, 0.1) is 7.11 Å². The van der Waals surface area contributed by atoms with Crippen LogP contribution in [0, 0.1) is 0 Å². The van der Waals surface area contributed by atoms with Gasteiger partial charge in [0.15, 0.2) is 0 Å². The Hall–Kier alpha value is -1.60. The van der Waals surface area contributed by atoms with Gasteiger partial charge < -0.3 is 10.5 Å². The number of hydrogen-bond donors (Lipinski definition) is 1. The van der Waals surface area contributed by atoms with Crippen molar-refractivity contribution in [3.8, 4) is 5.75 Å². The Labute approximate surface area is 148 Å². The first-order chi connectivity index (χ1) is 11.5. The van der Waals surface area contributed by atoms with Crippen molar-refractivity contribution in [3.63, 3.8) is 0 Å². The van der Waals surface area contributed by atoms with Crippen LogP contribution in [0.4, 0.5) is 0 Å².